The molecule has 2 atom stereocenters. The summed E-state index contributed by atoms with van der Waals surface area (Å²) < 4.78 is 10.2. The molecule has 0 aliphatic heterocycles. The SMILES string of the molecule is CCCCCCCC/C=C/C/C=C/C=C/C(O)CCCC(=O)OC[C@H](O)COC(=O)CCCCCCCCCCCCCCC. The van der Waals surface area contributed by atoms with Crippen LogP contribution in [-0.4, -0.2) is 47.6 Å². The molecule has 0 aromatic heterocycles. The van der Waals surface area contributed by atoms with Crippen LogP contribution in [0.2, 0.25) is 0 Å². The molecule has 1 unspecified atom stereocenters. The Kier molecular flexibility index (Phi) is 33.5. The van der Waals surface area contributed by atoms with E-state index in [4.69, 9.17) is 9.47 Å². The normalized spacial score (nSPS) is 13.2. The summed E-state index contributed by atoms with van der Waals surface area (Å²) >= 11 is 0. The van der Waals surface area contributed by atoms with Crippen LogP contribution < -0.4 is 0 Å². The van der Waals surface area contributed by atoms with Gasteiger partial charge in [0.1, 0.15) is 19.3 Å². The van der Waals surface area contributed by atoms with Gasteiger partial charge in [0, 0.05) is 12.8 Å². The zero-order valence-electron chi connectivity index (χ0n) is 29.2. The second-order valence-electron chi connectivity index (χ2n) is 12.5. The highest BCUT2D eigenvalue weighted by atomic mass is 16.6. The molecule has 6 heteroatoms. The maximum absolute atomic E-state index is 11.9. The summed E-state index contributed by atoms with van der Waals surface area (Å²) in [7, 11) is 0. The quantitative estimate of drug-likeness (QED) is 0.0323. The van der Waals surface area contributed by atoms with Crippen LogP contribution in [-0.2, 0) is 19.1 Å². The van der Waals surface area contributed by atoms with Crippen LogP contribution >= 0.6 is 0 Å². The fourth-order valence-electron chi connectivity index (χ4n) is 5.09. The molecule has 6 nitrogen and oxygen atoms in total. The lowest BCUT2D eigenvalue weighted by Gasteiger charge is -2.12. The number of allylic oxidation sites excluding steroid dienone is 5. The van der Waals surface area contributed by atoms with Crippen molar-refractivity contribution in [2.75, 3.05) is 13.2 Å². The molecular weight excluding hydrogens is 564 g/mol. The first-order valence-corrected chi connectivity index (χ1v) is 18.6. The number of hydrogen-bond donors (Lipinski definition) is 2. The van der Waals surface area contributed by atoms with Gasteiger partial charge in [0.2, 0.25) is 0 Å². The number of hydrogen-bond acceptors (Lipinski definition) is 6. The molecular formula is C39H70O6. The molecule has 0 saturated carbocycles. The van der Waals surface area contributed by atoms with Gasteiger partial charge in [-0.1, -0.05) is 159 Å². The van der Waals surface area contributed by atoms with Crippen molar-refractivity contribution in [3.8, 4) is 0 Å². The Morgan fingerprint density at radius 3 is 1.56 bits per heavy atom. The van der Waals surface area contributed by atoms with Gasteiger partial charge in [0.25, 0.3) is 0 Å². The zero-order valence-corrected chi connectivity index (χ0v) is 29.2. The third-order valence-electron chi connectivity index (χ3n) is 7.98. The smallest absolute Gasteiger partial charge is 0.305 e. The Balaban J connectivity index is 3.63. The number of esters is 2. The Bertz CT molecular complexity index is 744. The maximum atomic E-state index is 11.9. The maximum Gasteiger partial charge on any atom is 0.305 e. The van der Waals surface area contributed by atoms with Crippen LogP contribution in [0.25, 0.3) is 0 Å². The monoisotopic (exact) mass is 635 g/mol. The average molecular weight is 635 g/mol. The second kappa shape index (κ2) is 34.9. The molecule has 2 N–H and O–H groups in total. The van der Waals surface area contributed by atoms with Gasteiger partial charge in [-0.05, 0) is 38.5 Å². The summed E-state index contributed by atoms with van der Waals surface area (Å²) in [6, 6.07) is 0. The van der Waals surface area contributed by atoms with E-state index in [0.717, 1.165) is 32.1 Å². The summed E-state index contributed by atoms with van der Waals surface area (Å²) in [5.74, 6) is -0.753. The molecule has 0 aliphatic rings. The van der Waals surface area contributed by atoms with Crippen LogP contribution in [0.3, 0.4) is 0 Å². The molecule has 0 aliphatic carbocycles. The molecule has 0 aromatic carbocycles. The summed E-state index contributed by atoms with van der Waals surface area (Å²) in [4.78, 5) is 23.9. The predicted octanol–water partition coefficient (Wildman–Crippen LogP) is 10.3. The number of unbranched alkanes of at least 4 members (excludes halogenated alkanes) is 18. The van der Waals surface area contributed by atoms with Crippen LogP contribution in [0.1, 0.15) is 174 Å². The Morgan fingerprint density at radius 2 is 1.02 bits per heavy atom. The number of aliphatic hydroxyl groups excluding tert-OH is 2. The molecule has 0 aromatic rings. The molecule has 262 valence electrons. The number of carbonyl (C=O) groups excluding carboxylic acids is 2. The molecule has 0 amide bonds. The van der Waals surface area contributed by atoms with Gasteiger partial charge in [-0.3, -0.25) is 9.59 Å². The average Bonchev–Trinajstić information content (AvgIpc) is 3.03. The largest absolute Gasteiger partial charge is 0.463 e. The van der Waals surface area contributed by atoms with Crippen LogP contribution in [0, 0.1) is 0 Å². The molecule has 0 saturated heterocycles. The van der Waals surface area contributed by atoms with E-state index < -0.39 is 18.2 Å². The number of aliphatic hydroxyl groups is 2. The molecule has 0 rings (SSSR count). The lowest BCUT2D eigenvalue weighted by molar-refractivity contribution is -0.152. The molecule has 0 fully saturated rings. The second-order valence-corrected chi connectivity index (χ2v) is 12.5. The highest BCUT2D eigenvalue weighted by Crippen LogP contribution is 2.13. The van der Waals surface area contributed by atoms with E-state index in [0.29, 0.717) is 19.3 Å². The molecule has 0 radical (unpaired) electrons. The van der Waals surface area contributed by atoms with E-state index in [1.165, 1.54) is 103 Å². The first kappa shape index (κ1) is 43.1. The van der Waals surface area contributed by atoms with E-state index in [1.807, 2.05) is 12.2 Å². The summed E-state index contributed by atoms with van der Waals surface area (Å²) in [6.45, 7) is 4.12. The Labute approximate surface area is 277 Å². The van der Waals surface area contributed by atoms with Crippen LogP contribution in [0.5, 0.6) is 0 Å². The minimum Gasteiger partial charge on any atom is -0.463 e. The molecule has 45 heavy (non-hydrogen) atoms. The first-order chi connectivity index (χ1) is 22.0. The fraction of sp³-hybridized carbons (Fsp3) is 0.795. The predicted molar refractivity (Wildman–Crippen MR) is 188 cm³/mol. The standard InChI is InChI=1S/C39H70O6/c1-3-5-7-9-11-13-15-17-19-21-23-25-27-30-36(40)31-29-33-39(43)45-35-37(41)34-44-38(42)32-28-26-24-22-20-18-16-14-12-10-8-6-4-2/h17,19,23,25,27,30,36-37,40-41H,3-16,18,20-22,24,26,28-29,31-35H2,1-2H3/b19-17+,25-23+,30-27+/t36?,37-/m1/s1. The van der Waals surface area contributed by atoms with E-state index in [9.17, 15) is 19.8 Å². The zero-order chi connectivity index (χ0) is 33.1. The highest BCUT2D eigenvalue weighted by Gasteiger charge is 2.12. The molecule has 0 bridgehead atoms. The topological polar surface area (TPSA) is 93.1 Å². The third kappa shape index (κ3) is 34.8. The lowest BCUT2D eigenvalue weighted by atomic mass is 10.0. The van der Waals surface area contributed by atoms with Gasteiger partial charge < -0.3 is 19.7 Å². The van der Waals surface area contributed by atoms with E-state index in [-0.39, 0.29) is 25.6 Å². The van der Waals surface area contributed by atoms with Crippen molar-refractivity contribution in [1.29, 1.82) is 0 Å². The fourth-order valence-corrected chi connectivity index (χ4v) is 5.09. The lowest BCUT2D eigenvalue weighted by Crippen LogP contribution is -2.25. The van der Waals surface area contributed by atoms with Crippen molar-refractivity contribution >= 4 is 11.9 Å². The van der Waals surface area contributed by atoms with Crippen molar-refractivity contribution in [1.82, 2.24) is 0 Å². The van der Waals surface area contributed by atoms with Crippen molar-refractivity contribution in [2.45, 2.75) is 187 Å². The van der Waals surface area contributed by atoms with Gasteiger partial charge in [-0.25, -0.2) is 0 Å². The minimum absolute atomic E-state index is 0.162. The van der Waals surface area contributed by atoms with Gasteiger partial charge in [0.05, 0.1) is 6.10 Å². The first-order valence-electron chi connectivity index (χ1n) is 18.6. The summed E-state index contributed by atoms with van der Waals surface area (Å²) in [5, 5.41) is 20.1. The van der Waals surface area contributed by atoms with Crippen molar-refractivity contribution < 1.29 is 29.3 Å². The van der Waals surface area contributed by atoms with Gasteiger partial charge in [-0.15, -0.1) is 0 Å². The van der Waals surface area contributed by atoms with Gasteiger partial charge >= 0.3 is 11.9 Å². The highest BCUT2D eigenvalue weighted by molar-refractivity contribution is 5.69. The van der Waals surface area contributed by atoms with Crippen LogP contribution in [0.4, 0.5) is 0 Å². The van der Waals surface area contributed by atoms with Crippen molar-refractivity contribution in [3.05, 3.63) is 36.5 Å². The summed E-state index contributed by atoms with van der Waals surface area (Å²) in [5.41, 5.74) is 0. The van der Waals surface area contributed by atoms with E-state index >= 15 is 0 Å². The molecule has 0 spiro atoms. The summed E-state index contributed by atoms with van der Waals surface area (Å²) in [6.07, 6.45) is 38.0. The number of carbonyl (C=O) groups is 2. The van der Waals surface area contributed by atoms with Gasteiger partial charge in [0.15, 0.2) is 0 Å². The van der Waals surface area contributed by atoms with Gasteiger partial charge in [-0.2, -0.15) is 0 Å². The number of ether oxygens (including phenoxy) is 2. The number of rotatable bonds is 33. The Morgan fingerprint density at radius 1 is 0.556 bits per heavy atom. The van der Waals surface area contributed by atoms with Crippen LogP contribution in [0.15, 0.2) is 36.5 Å². The third-order valence-corrected chi connectivity index (χ3v) is 7.98. The van der Waals surface area contributed by atoms with Crippen molar-refractivity contribution in [2.24, 2.45) is 0 Å². The van der Waals surface area contributed by atoms with E-state index in [1.54, 1.807) is 6.08 Å². The molecule has 0 heterocycles. The minimum atomic E-state index is -1.03. The van der Waals surface area contributed by atoms with E-state index in [2.05, 4.69) is 32.1 Å². The Hall–Kier alpha value is -1.92. The van der Waals surface area contributed by atoms with Crippen molar-refractivity contribution in [3.63, 3.8) is 0 Å².